The molecule has 1 heterocycles. The van der Waals surface area contributed by atoms with Crippen LogP contribution in [0.15, 0.2) is 18.2 Å². The van der Waals surface area contributed by atoms with Crippen LogP contribution in [0.25, 0.3) is 0 Å². The van der Waals surface area contributed by atoms with Crippen LogP contribution < -0.4 is 11.3 Å². The van der Waals surface area contributed by atoms with Crippen molar-refractivity contribution in [1.82, 2.24) is 4.98 Å². The summed E-state index contributed by atoms with van der Waals surface area (Å²) in [4.78, 5) is 3.97. The first-order valence-corrected chi connectivity index (χ1v) is 4.59. The molecular weight excluding hydrogens is 198 g/mol. The van der Waals surface area contributed by atoms with Gasteiger partial charge in [-0.15, -0.1) is 0 Å². The minimum absolute atomic E-state index is 0.100. The minimum atomic E-state index is -1.12. The highest BCUT2D eigenvalue weighted by Crippen LogP contribution is 2.17. The average Bonchev–Trinajstić information content (AvgIpc) is 2.28. The minimum Gasteiger partial charge on any atom is -0.396 e. The number of nitrogen functional groups attached to an aromatic ring is 1. The van der Waals surface area contributed by atoms with E-state index in [4.69, 9.17) is 10.9 Å². The van der Waals surface area contributed by atoms with E-state index >= 15 is 0 Å². The first kappa shape index (κ1) is 11.9. The van der Waals surface area contributed by atoms with E-state index in [0.29, 0.717) is 11.5 Å². The maximum Gasteiger partial charge on any atom is 0.140 e. The Morgan fingerprint density at radius 2 is 2.13 bits per heavy atom. The Kier molecular flexibility index (Phi) is 4.44. The van der Waals surface area contributed by atoms with E-state index in [-0.39, 0.29) is 13.0 Å². The molecule has 1 rings (SSSR count). The standard InChI is InChI=1S/C9H15N3O3/c10-12-8-3-1-2-6(11-8)9(15)7(14)4-5-13/h1-3,7,9,13-15H,4-5,10H2,(H,11,12). The summed E-state index contributed by atoms with van der Waals surface area (Å²) in [5.41, 5.74) is 2.65. The highest BCUT2D eigenvalue weighted by atomic mass is 16.3. The van der Waals surface area contributed by atoms with Crippen molar-refractivity contribution >= 4 is 5.82 Å². The van der Waals surface area contributed by atoms with Crippen molar-refractivity contribution in [3.8, 4) is 0 Å². The summed E-state index contributed by atoms with van der Waals surface area (Å²) in [5, 5.41) is 27.7. The number of nitrogens with zero attached hydrogens (tertiary/aromatic N) is 1. The van der Waals surface area contributed by atoms with Gasteiger partial charge in [-0.25, -0.2) is 10.8 Å². The molecule has 1 aromatic rings. The van der Waals surface area contributed by atoms with Crippen molar-refractivity contribution in [2.75, 3.05) is 12.0 Å². The number of hydrazine groups is 1. The van der Waals surface area contributed by atoms with Crippen LogP contribution in [0.3, 0.4) is 0 Å². The Morgan fingerprint density at radius 3 is 2.73 bits per heavy atom. The molecule has 1 aromatic heterocycles. The van der Waals surface area contributed by atoms with E-state index in [9.17, 15) is 10.2 Å². The maximum absolute atomic E-state index is 9.65. The van der Waals surface area contributed by atoms with Gasteiger partial charge in [-0.05, 0) is 18.6 Å². The summed E-state index contributed by atoms with van der Waals surface area (Å²) in [7, 11) is 0. The number of nitrogens with two attached hydrogens (primary N) is 1. The molecule has 2 atom stereocenters. The predicted octanol–water partition coefficient (Wildman–Crippen LogP) is -0.856. The molecule has 6 heteroatoms. The molecule has 6 N–H and O–H groups in total. The van der Waals surface area contributed by atoms with Crippen molar-refractivity contribution in [2.45, 2.75) is 18.6 Å². The molecule has 0 amide bonds. The lowest BCUT2D eigenvalue weighted by Gasteiger charge is -2.16. The summed E-state index contributed by atoms with van der Waals surface area (Å²) in [5.74, 6) is 5.56. The highest BCUT2D eigenvalue weighted by Gasteiger charge is 2.19. The SMILES string of the molecule is NNc1cccc(C(O)C(O)CCO)n1. The molecule has 0 aromatic carbocycles. The third kappa shape index (κ3) is 3.14. The number of rotatable bonds is 5. The molecule has 0 radical (unpaired) electrons. The molecule has 84 valence electrons. The van der Waals surface area contributed by atoms with Crippen molar-refractivity contribution in [3.05, 3.63) is 23.9 Å². The van der Waals surface area contributed by atoms with Gasteiger partial charge in [-0.1, -0.05) is 6.07 Å². The molecule has 0 aliphatic rings. The Bertz CT molecular complexity index is 308. The number of aromatic nitrogens is 1. The Morgan fingerprint density at radius 1 is 1.40 bits per heavy atom. The lowest BCUT2D eigenvalue weighted by atomic mass is 10.1. The summed E-state index contributed by atoms with van der Waals surface area (Å²) >= 11 is 0. The second-order valence-corrected chi connectivity index (χ2v) is 3.12. The van der Waals surface area contributed by atoms with Gasteiger partial charge in [-0.3, -0.25) is 0 Å². The zero-order valence-corrected chi connectivity index (χ0v) is 8.17. The Hall–Kier alpha value is -1.21. The fraction of sp³-hybridized carbons (Fsp3) is 0.444. The molecule has 0 bridgehead atoms. The van der Waals surface area contributed by atoms with E-state index in [0.717, 1.165) is 0 Å². The zero-order chi connectivity index (χ0) is 11.3. The fourth-order valence-electron chi connectivity index (χ4n) is 1.18. The van der Waals surface area contributed by atoms with Gasteiger partial charge in [0.1, 0.15) is 11.9 Å². The van der Waals surface area contributed by atoms with E-state index < -0.39 is 12.2 Å². The van der Waals surface area contributed by atoms with Crippen LogP contribution in [-0.4, -0.2) is 33.0 Å². The van der Waals surface area contributed by atoms with Gasteiger partial charge in [0.15, 0.2) is 0 Å². The number of aliphatic hydroxyl groups is 3. The van der Waals surface area contributed by atoms with E-state index in [1.165, 1.54) is 0 Å². The van der Waals surface area contributed by atoms with Gasteiger partial charge < -0.3 is 20.7 Å². The smallest absolute Gasteiger partial charge is 0.140 e. The Balaban J connectivity index is 2.76. The molecule has 0 aliphatic heterocycles. The van der Waals surface area contributed by atoms with Crippen molar-refractivity contribution in [2.24, 2.45) is 5.84 Å². The topological polar surface area (TPSA) is 112 Å². The number of anilines is 1. The van der Waals surface area contributed by atoms with Crippen LogP contribution in [0.4, 0.5) is 5.82 Å². The summed E-state index contributed by atoms with van der Waals surface area (Å²) < 4.78 is 0. The fourth-order valence-corrected chi connectivity index (χ4v) is 1.18. The lowest BCUT2D eigenvalue weighted by Crippen LogP contribution is -2.21. The number of aliphatic hydroxyl groups excluding tert-OH is 3. The first-order valence-electron chi connectivity index (χ1n) is 4.59. The average molecular weight is 213 g/mol. The molecule has 2 unspecified atom stereocenters. The third-order valence-electron chi connectivity index (χ3n) is 2.01. The van der Waals surface area contributed by atoms with Crippen LogP contribution in [0.2, 0.25) is 0 Å². The van der Waals surface area contributed by atoms with Crippen molar-refractivity contribution in [1.29, 1.82) is 0 Å². The van der Waals surface area contributed by atoms with Gasteiger partial charge in [0.05, 0.1) is 11.8 Å². The monoisotopic (exact) mass is 213 g/mol. The lowest BCUT2D eigenvalue weighted by molar-refractivity contribution is 0.00199. The molecule has 0 saturated heterocycles. The van der Waals surface area contributed by atoms with E-state index in [2.05, 4.69) is 10.4 Å². The van der Waals surface area contributed by atoms with Crippen LogP contribution in [-0.2, 0) is 0 Å². The predicted molar refractivity (Wildman–Crippen MR) is 54.7 cm³/mol. The van der Waals surface area contributed by atoms with E-state index in [1.54, 1.807) is 18.2 Å². The van der Waals surface area contributed by atoms with E-state index in [1.807, 2.05) is 0 Å². The number of hydrogen-bond donors (Lipinski definition) is 5. The van der Waals surface area contributed by atoms with Gasteiger partial charge >= 0.3 is 0 Å². The van der Waals surface area contributed by atoms with Gasteiger partial charge in [0.25, 0.3) is 0 Å². The molecular formula is C9H15N3O3. The second-order valence-electron chi connectivity index (χ2n) is 3.12. The third-order valence-corrected chi connectivity index (χ3v) is 2.01. The molecule has 6 nitrogen and oxygen atoms in total. The molecule has 0 fully saturated rings. The van der Waals surface area contributed by atoms with Crippen LogP contribution in [0.5, 0.6) is 0 Å². The van der Waals surface area contributed by atoms with Crippen LogP contribution >= 0.6 is 0 Å². The Labute approximate surface area is 87.4 Å². The van der Waals surface area contributed by atoms with Crippen LogP contribution in [0.1, 0.15) is 18.2 Å². The quantitative estimate of drug-likeness (QED) is 0.321. The summed E-state index contributed by atoms with van der Waals surface area (Å²) in [6, 6.07) is 4.87. The van der Waals surface area contributed by atoms with Gasteiger partial charge in [0.2, 0.25) is 0 Å². The highest BCUT2D eigenvalue weighted by molar-refractivity contribution is 5.34. The molecule has 15 heavy (non-hydrogen) atoms. The normalized spacial score (nSPS) is 14.7. The first-order chi connectivity index (χ1) is 7.19. The maximum atomic E-state index is 9.65. The number of pyridine rings is 1. The number of nitrogens with one attached hydrogen (secondary N) is 1. The molecule has 0 saturated carbocycles. The van der Waals surface area contributed by atoms with Crippen molar-refractivity contribution in [3.63, 3.8) is 0 Å². The molecule has 0 aliphatic carbocycles. The zero-order valence-electron chi connectivity index (χ0n) is 8.17. The molecule has 0 spiro atoms. The summed E-state index contributed by atoms with van der Waals surface area (Å²) in [6.45, 7) is -0.187. The summed E-state index contributed by atoms with van der Waals surface area (Å²) in [6.07, 6.45) is -2.05. The van der Waals surface area contributed by atoms with Crippen molar-refractivity contribution < 1.29 is 15.3 Å². The number of hydrogen-bond acceptors (Lipinski definition) is 6. The van der Waals surface area contributed by atoms with Crippen LogP contribution in [0, 0.1) is 0 Å². The largest absolute Gasteiger partial charge is 0.396 e. The second kappa shape index (κ2) is 5.62. The van der Waals surface area contributed by atoms with Gasteiger partial charge in [-0.2, -0.15) is 0 Å². The van der Waals surface area contributed by atoms with Gasteiger partial charge in [0, 0.05) is 6.61 Å².